The van der Waals surface area contributed by atoms with Gasteiger partial charge in [0.15, 0.2) is 11.5 Å². The summed E-state index contributed by atoms with van der Waals surface area (Å²) in [5, 5.41) is 0.521. The number of hydrogen-bond acceptors (Lipinski definition) is 3. The van der Waals surface area contributed by atoms with E-state index in [0.717, 1.165) is 25.1 Å². The van der Waals surface area contributed by atoms with Gasteiger partial charge in [0.25, 0.3) is 0 Å². The molecule has 2 unspecified atom stereocenters. The second kappa shape index (κ2) is 7.00. The average molecular weight is 338 g/mol. The van der Waals surface area contributed by atoms with Crippen LogP contribution in [0, 0.1) is 11.8 Å². The summed E-state index contributed by atoms with van der Waals surface area (Å²) in [6.45, 7) is 7.33. The Kier molecular flexibility index (Phi) is 5.00. The van der Waals surface area contributed by atoms with Crippen molar-refractivity contribution in [1.82, 2.24) is 4.90 Å². The predicted molar refractivity (Wildman–Crippen MR) is 90.3 cm³/mol. The SMILES string of the molecule is CC1CC(C)CN(C(=O)Cc2cc(Cl)c3c(c2)OCCCO3)C1. The summed E-state index contributed by atoms with van der Waals surface area (Å²) >= 11 is 6.31. The van der Waals surface area contributed by atoms with Gasteiger partial charge in [-0.3, -0.25) is 4.79 Å². The van der Waals surface area contributed by atoms with Crippen molar-refractivity contribution in [1.29, 1.82) is 0 Å². The number of nitrogens with zero attached hydrogens (tertiary/aromatic N) is 1. The van der Waals surface area contributed by atoms with E-state index in [2.05, 4.69) is 13.8 Å². The quantitative estimate of drug-likeness (QED) is 0.828. The third kappa shape index (κ3) is 3.92. The smallest absolute Gasteiger partial charge is 0.227 e. The summed E-state index contributed by atoms with van der Waals surface area (Å²) in [5.74, 6) is 2.54. The molecule has 0 radical (unpaired) electrons. The number of ether oxygens (including phenoxy) is 2. The fourth-order valence-corrected chi connectivity index (χ4v) is 3.83. The summed E-state index contributed by atoms with van der Waals surface area (Å²) < 4.78 is 11.3. The Balaban J connectivity index is 1.73. The molecule has 3 rings (SSSR count). The zero-order valence-corrected chi connectivity index (χ0v) is 14.6. The standard InChI is InChI=1S/C18H24ClNO3/c1-12-6-13(2)11-20(10-12)17(21)9-14-7-15(19)18-16(8-14)22-4-3-5-23-18/h7-8,12-13H,3-6,9-11H2,1-2H3. The Morgan fingerprint density at radius 2 is 1.91 bits per heavy atom. The zero-order chi connectivity index (χ0) is 16.4. The van der Waals surface area contributed by atoms with Gasteiger partial charge in [-0.25, -0.2) is 0 Å². The molecule has 0 bridgehead atoms. The zero-order valence-electron chi connectivity index (χ0n) is 13.8. The molecular formula is C18H24ClNO3. The molecule has 2 atom stereocenters. The molecule has 1 amide bonds. The molecule has 5 heteroatoms. The highest BCUT2D eigenvalue weighted by Gasteiger charge is 2.26. The van der Waals surface area contributed by atoms with Gasteiger partial charge in [0.2, 0.25) is 5.91 Å². The van der Waals surface area contributed by atoms with E-state index in [-0.39, 0.29) is 5.91 Å². The van der Waals surface area contributed by atoms with Crippen LogP contribution in [0.1, 0.15) is 32.3 Å². The van der Waals surface area contributed by atoms with Gasteiger partial charge < -0.3 is 14.4 Å². The molecule has 0 aliphatic carbocycles. The molecule has 0 saturated carbocycles. The molecular weight excluding hydrogens is 314 g/mol. The largest absolute Gasteiger partial charge is 0.489 e. The van der Waals surface area contributed by atoms with Crippen LogP contribution in [0.5, 0.6) is 11.5 Å². The van der Waals surface area contributed by atoms with Crippen molar-refractivity contribution in [2.45, 2.75) is 33.1 Å². The molecule has 126 valence electrons. The molecule has 0 N–H and O–H groups in total. The van der Waals surface area contributed by atoms with Crippen molar-refractivity contribution in [2.75, 3.05) is 26.3 Å². The first-order valence-corrected chi connectivity index (χ1v) is 8.76. The van der Waals surface area contributed by atoms with Crippen LogP contribution in [-0.2, 0) is 11.2 Å². The van der Waals surface area contributed by atoms with E-state index < -0.39 is 0 Å². The van der Waals surface area contributed by atoms with Crippen LogP contribution in [0.2, 0.25) is 5.02 Å². The number of carbonyl (C=O) groups is 1. The van der Waals surface area contributed by atoms with Gasteiger partial charge in [0, 0.05) is 19.5 Å². The van der Waals surface area contributed by atoms with Crippen LogP contribution < -0.4 is 9.47 Å². The molecule has 1 aromatic rings. The van der Waals surface area contributed by atoms with Gasteiger partial charge in [-0.05, 0) is 36.0 Å². The Hall–Kier alpha value is -1.42. The molecule has 0 spiro atoms. The van der Waals surface area contributed by atoms with Crippen molar-refractivity contribution >= 4 is 17.5 Å². The fourth-order valence-electron chi connectivity index (χ4n) is 3.54. The first-order chi connectivity index (χ1) is 11.0. The minimum absolute atomic E-state index is 0.161. The number of likely N-dealkylation sites (tertiary alicyclic amines) is 1. The van der Waals surface area contributed by atoms with Crippen LogP contribution in [-0.4, -0.2) is 37.1 Å². The predicted octanol–water partition coefficient (Wildman–Crippen LogP) is 3.55. The van der Waals surface area contributed by atoms with Crippen LogP contribution in [0.4, 0.5) is 0 Å². The van der Waals surface area contributed by atoms with Crippen LogP contribution in [0.15, 0.2) is 12.1 Å². The molecule has 2 aliphatic heterocycles. The lowest BCUT2D eigenvalue weighted by atomic mass is 9.91. The summed E-state index contributed by atoms with van der Waals surface area (Å²) in [7, 11) is 0. The lowest BCUT2D eigenvalue weighted by molar-refractivity contribution is -0.133. The Morgan fingerprint density at radius 3 is 2.65 bits per heavy atom. The Labute approximate surface area is 142 Å². The number of hydrogen-bond donors (Lipinski definition) is 0. The second-order valence-electron chi connectivity index (χ2n) is 6.88. The minimum atomic E-state index is 0.161. The molecule has 23 heavy (non-hydrogen) atoms. The van der Waals surface area contributed by atoms with E-state index in [4.69, 9.17) is 21.1 Å². The van der Waals surface area contributed by atoms with E-state index in [1.165, 1.54) is 6.42 Å². The fraction of sp³-hybridized carbons (Fsp3) is 0.611. The summed E-state index contributed by atoms with van der Waals surface area (Å²) in [6.07, 6.45) is 2.39. The lowest BCUT2D eigenvalue weighted by Crippen LogP contribution is -2.43. The van der Waals surface area contributed by atoms with E-state index in [1.54, 1.807) is 0 Å². The monoisotopic (exact) mass is 337 g/mol. The molecule has 4 nitrogen and oxygen atoms in total. The first-order valence-electron chi connectivity index (χ1n) is 8.38. The van der Waals surface area contributed by atoms with Crippen LogP contribution in [0.25, 0.3) is 0 Å². The third-order valence-electron chi connectivity index (χ3n) is 4.44. The normalized spacial score (nSPS) is 24.2. The summed E-state index contributed by atoms with van der Waals surface area (Å²) in [6, 6.07) is 3.71. The highest BCUT2D eigenvalue weighted by atomic mass is 35.5. The summed E-state index contributed by atoms with van der Waals surface area (Å²) in [5.41, 5.74) is 0.884. The minimum Gasteiger partial charge on any atom is -0.489 e. The molecule has 0 aromatic heterocycles. The number of carbonyl (C=O) groups excluding carboxylic acids is 1. The third-order valence-corrected chi connectivity index (χ3v) is 4.72. The second-order valence-corrected chi connectivity index (χ2v) is 7.28. The maximum atomic E-state index is 12.6. The van der Waals surface area contributed by atoms with Crippen molar-refractivity contribution in [2.24, 2.45) is 11.8 Å². The van der Waals surface area contributed by atoms with Crippen molar-refractivity contribution in [3.63, 3.8) is 0 Å². The van der Waals surface area contributed by atoms with Gasteiger partial charge in [-0.1, -0.05) is 25.4 Å². The highest BCUT2D eigenvalue weighted by Crippen LogP contribution is 2.38. The molecule has 2 heterocycles. The summed E-state index contributed by atoms with van der Waals surface area (Å²) in [4.78, 5) is 14.6. The number of halogens is 1. The average Bonchev–Trinajstić information content (AvgIpc) is 2.72. The highest BCUT2D eigenvalue weighted by molar-refractivity contribution is 6.32. The van der Waals surface area contributed by atoms with Gasteiger partial charge in [-0.15, -0.1) is 0 Å². The number of piperidine rings is 1. The lowest BCUT2D eigenvalue weighted by Gasteiger charge is -2.35. The number of fused-ring (bicyclic) bond motifs is 1. The molecule has 1 saturated heterocycles. The molecule has 2 aliphatic rings. The van der Waals surface area contributed by atoms with Gasteiger partial charge in [0.1, 0.15) is 0 Å². The number of amides is 1. The van der Waals surface area contributed by atoms with Crippen LogP contribution in [0.3, 0.4) is 0 Å². The van der Waals surface area contributed by atoms with E-state index >= 15 is 0 Å². The van der Waals surface area contributed by atoms with Crippen molar-refractivity contribution in [3.05, 3.63) is 22.7 Å². The number of rotatable bonds is 2. The maximum Gasteiger partial charge on any atom is 0.227 e. The maximum absolute atomic E-state index is 12.6. The van der Waals surface area contributed by atoms with Crippen molar-refractivity contribution in [3.8, 4) is 11.5 Å². The van der Waals surface area contributed by atoms with E-state index in [9.17, 15) is 4.79 Å². The number of benzene rings is 1. The van der Waals surface area contributed by atoms with Gasteiger partial charge in [-0.2, -0.15) is 0 Å². The van der Waals surface area contributed by atoms with Gasteiger partial charge >= 0.3 is 0 Å². The molecule has 1 fully saturated rings. The Bertz CT molecular complexity index is 580. The first kappa shape index (κ1) is 16.4. The van der Waals surface area contributed by atoms with Gasteiger partial charge in [0.05, 0.1) is 24.7 Å². The Morgan fingerprint density at radius 1 is 1.22 bits per heavy atom. The van der Waals surface area contributed by atoms with E-state index in [0.29, 0.717) is 48.0 Å². The van der Waals surface area contributed by atoms with Crippen molar-refractivity contribution < 1.29 is 14.3 Å². The molecule has 1 aromatic carbocycles. The van der Waals surface area contributed by atoms with Crippen LogP contribution >= 0.6 is 11.6 Å². The van der Waals surface area contributed by atoms with E-state index in [1.807, 2.05) is 17.0 Å². The topological polar surface area (TPSA) is 38.8 Å².